The lowest BCUT2D eigenvalue weighted by Gasteiger charge is -2.34. The van der Waals surface area contributed by atoms with E-state index in [9.17, 15) is 5.21 Å². The quantitative estimate of drug-likeness (QED) is 0.190. The Balaban J connectivity index is 1.55. The van der Waals surface area contributed by atoms with Crippen LogP contribution in [0.4, 0.5) is 4.39 Å². The molecule has 38 heavy (non-hydrogen) atoms. The van der Waals surface area contributed by atoms with E-state index in [2.05, 4.69) is 41.4 Å². The van der Waals surface area contributed by atoms with Crippen LogP contribution in [0.5, 0.6) is 5.75 Å². The van der Waals surface area contributed by atoms with E-state index in [1.165, 1.54) is 36.5 Å². The smallest absolute Gasteiger partial charge is 0.133 e. The molecule has 2 aliphatic carbocycles. The Morgan fingerprint density at radius 3 is 2.66 bits per heavy atom. The van der Waals surface area contributed by atoms with E-state index < -0.39 is 5.82 Å². The van der Waals surface area contributed by atoms with Crippen LogP contribution in [0.25, 0.3) is 11.3 Å². The zero-order valence-corrected chi connectivity index (χ0v) is 22.7. The van der Waals surface area contributed by atoms with Crippen molar-refractivity contribution in [2.24, 2.45) is 5.16 Å². The first-order chi connectivity index (χ1) is 18.5. The number of halogens is 1. The second-order valence-electron chi connectivity index (χ2n) is 10.7. The monoisotopic (exact) mass is 515 g/mol. The molecule has 0 radical (unpaired) electrons. The van der Waals surface area contributed by atoms with Crippen molar-refractivity contribution in [2.75, 3.05) is 7.05 Å². The summed E-state index contributed by atoms with van der Waals surface area (Å²) in [4.78, 5) is 7.38. The van der Waals surface area contributed by atoms with Crippen molar-refractivity contribution in [2.45, 2.75) is 83.9 Å². The molecule has 5 nitrogen and oxygen atoms in total. The van der Waals surface area contributed by atoms with Gasteiger partial charge in [0.2, 0.25) is 0 Å². The van der Waals surface area contributed by atoms with Crippen molar-refractivity contribution in [3.63, 3.8) is 0 Å². The van der Waals surface area contributed by atoms with Crippen LogP contribution in [-0.2, 0) is 13.0 Å². The third kappa shape index (κ3) is 5.32. The Labute approximate surface area is 225 Å². The van der Waals surface area contributed by atoms with Crippen LogP contribution in [-0.4, -0.2) is 34.0 Å². The minimum atomic E-state index is -0.422. The second-order valence-corrected chi connectivity index (χ2v) is 10.7. The number of aromatic nitrogens is 1. The number of hydrogen-bond donors (Lipinski definition) is 1. The number of pyridine rings is 1. The number of fused-ring (bicyclic) bond motifs is 1. The fourth-order valence-electron chi connectivity index (χ4n) is 6.17. The van der Waals surface area contributed by atoms with E-state index in [0.29, 0.717) is 41.5 Å². The summed E-state index contributed by atoms with van der Waals surface area (Å²) in [5.41, 5.74) is 6.65. The number of aryl methyl sites for hydroxylation is 2. The molecule has 0 saturated heterocycles. The maximum Gasteiger partial charge on any atom is 0.133 e. The molecule has 1 heterocycles. The third-order valence-corrected chi connectivity index (χ3v) is 8.20. The summed E-state index contributed by atoms with van der Waals surface area (Å²) in [5.74, 6) is 0.402. The molecule has 1 atom stereocenters. The fraction of sp³-hybridized carbons (Fsp3) is 0.438. The highest BCUT2D eigenvalue weighted by Crippen LogP contribution is 2.38. The zero-order chi connectivity index (χ0) is 26.6. The Morgan fingerprint density at radius 2 is 1.89 bits per heavy atom. The van der Waals surface area contributed by atoms with Crippen molar-refractivity contribution in [3.05, 3.63) is 82.3 Å². The molecule has 0 amide bonds. The summed E-state index contributed by atoms with van der Waals surface area (Å²) in [5, 5.41) is 13.0. The Kier molecular flexibility index (Phi) is 8.08. The maximum absolute atomic E-state index is 15.0. The summed E-state index contributed by atoms with van der Waals surface area (Å²) in [6.07, 6.45) is 8.48. The number of hydrogen-bond acceptors (Lipinski definition) is 5. The van der Waals surface area contributed by atoms with Gasteiger partial charge in [-0.2, -0.15) is 0 Å². The number of benzene rings is 2. The van der Waals surface area contributed by atoms with Gasteiger partial charge in [0.05, 0.1) is 17.5 Å². The lowest BCUT2D eigenvalue weighted by atomic mass is 9.87. The van der Waals surface area contributed by atoms with E-state index in [0.717, 1.165) is 42.7 Å². The van der Waals surface area contributed by atoms with Gasteiger partial charge in [-0.15, -0.1) is 0 Å². The highest BCUT2D eigenvalue weighted by atomic mass is 19.1. The van der Waals surface area contributed by atoms with Gasteiger partial charge in [0, 0.05) is 41.0 Å². The highest BCUT2D eigenvalue weighted by Gasteiger charge is 2.27. The summed E-state index contributed by atoms with van der Waals surface area (Å²) in [6, 6.07) is 16.0. The predicted molar refractivity (Wildman–Crippen MR) is 149 cm³/mol. The average molecular weight is 516 g/mol. The molecule has 1 N–H and O–H groups in total. The molecule has 0 bridgehead atoms. The Morgan fingerprint density at radius 1 is 1.11 bits per heavy atom. The maximum atomic E-state index is 15.0. The number of ether oxygens (including phenoxy) is 1. The van der Waals surface area contributed by atoms with Gasteiger partial charge in [0.1, 0.15) is 11.6 Å². The minimum absolute atomic E-state index is 0.182. The second kappa shape index (κ2) is 11.6. The van der Waals surface area contributed by atoms with Gasteiger partial charge in [-0.05, 0) is 82.5 Å². The molecule has 1 fully saturated rings. The van der Waals surface area contributed by atoms with Crippen LogP contribution in [0.2, 0.25) is 0 Å². The van der Waals surface area contributed by atoms with E-state index >= 15 is 4.39 Å². The molecule has 0 aliphatic heterocycles. The van der Waals surface area contributed by atoms with Crippen molar-refractivity contribution in [3.8, 4) is 17.0 Å². The molecule has 0 spiro atoms. The molecule has 2 aliphatic rings. The van der Waals surface area contributed by atoms with Gasteiger partial charge >= 0.3 is 0 Å². The molecular weight excluding hydrogens is 477 g/mol. The van der Waals surface area contributed by atoms with Crippen LogP contribution in [0.1, 0.15) is 85.9 Å². The summed E-state index contributed by atoms with van der Waals surface area (Å²) < 4.78 is 21.7. The number of nitrogens with zero attached hydrogens (tertiary/aromatic N) is 3. The average Bonchev–Trinajstić information content (AvgIpc) is 3.44. The van der Waals surface area contributed by atoms with Gasteiger partial charge in [0.25, 0.3) is 0 Å². The first-order valence-corrected chi connectivity index (χ1v) is 14.0. The summed E-state index contributed by atoms with van der Waals surface area (Å²) in [6.45, 7) is 4.58. The van der Waals surface area contributed by atoms with Crippen LogP contribution in [0.3, 0.4) is 0 Å². The molecule has 5 rings (SSSR count). The molecule has 1 saturated carbocycles. The van der Waals surface area contributed by atoms with Crippen LogP contribution in [0, 0.1) is 12.7 Å². The molecule has 2 aromatic carbocycles. The lowest BCUT2D eigenvalue weighted by Crippen LogP contribution is -2.28. The van der Waals surface area contributed by atoms with E-state index in [1.54, 1.807) is 6.07 Å². The zero-order valence-electron chi connectivity index (χ0n) is 22.7. The van der Waals surface area contributed by atoms with Crippen molar-refractivity contribution in [1.29, 1.82) is 0 Å². The SMILES string of the molecule is CC/C(=N\O)c1c(F)cccc1-c1cc(OC2CCCC2)c(CN(C)C2CCCc3ccccc32)c(C)n1. The van der Waals surface area contributed by atoms with Gasteiger partial charge in [-0.3, -0.25) is 9.88 Å². The van der Waals surface area contributed by atoms with Crippen molar-refractivity contribution < 1.29 is 14.3 Å². The molecule has 3 aromatic rings. The fourth-order valence-corrected chi connectivity index (χ4v) is 6.17. The summed E-state index contributed by atoms with van der Waals surface area (Å²) in [7, 11) is 2.19. The lowest BCUT2D eigenvalue weighted by molar-refractivity contribution is 0.189. The molecular formula is C32H38FN3O2. The number of oxime groups is 1. The molecule has 6 heteroatoms. The standard InChI is InChI=1S/C32H38FN3O2/c1-4-28(35-37)32-25(16-10-17-27(32)33)29-19-31(38-23-13-6-7-14-23)26(21(2)34-29)20-36(3)30-18-9-12-22-11-5-8-15-24(22)30/h5,8,10-11,15-17,19,23,30,37H,4,6-7,9,12-14,18,20H2,1-3H3/b35-28+. The molecule has 1 unspecified atom stereocenters. The topological polar surface area (TPSA) is 58.0 Å². The van der Waals surface area contributed by atoms with Gasteiger partial charge in [0.15, 0.2) is 0 Å². The van der Waals surface area contributed by atoms with Crippen LogP contribution in [0.15, 0.2) is 53.7 Å². The third-order valence-electron chi connectivity index (χ3n) is 8.20. The minimum Gasteiger partial charge on any atom is -0.490 e. The summed E-state index contributed by atoms with van der Waals surface area (Å²) >= 11 is 0. The normalized spacial score (nSPS) is 18.1. The van der Waals surface area contributed by atoms with Crippen LogP contribution < -0.4 is 4.74 Å². The first kappa shape index (κ1) is 26.4. The van der Waals surface area contributed by atoms with Gasteiger partial charge in [-0.1, -0.05) is 48.5 Å². The number of rotatable bonds is 8. The van der Waals surface area contributed by atoms with Crippen LogP contribution >= 0.6 is 0 Å². The Hall–Kier alpha value is -3.25. The van der Waals surface area contributed by atoms with Gasteiger partial charge in [-0.25, -0.2) is 4.39 Å². The molecule has 1 aromatic heterocycles. The predicted octanol–water partition coefficient (Wildman–Crippen LogP) is 7.62. The van der Waals surface area contributed by atoms with E-state index in [-0.39, 0.29) is 6.10 Å². The van der Waals surface area contributed by atoms with E-state index in [1.807, 2.05) is 26.0 Å². The largest absolute Gasteiger partial charge is 0.490 e. The van der Waals surface area contributed by atoms with Crippen molar-refractivity contribution in [1.82, 2.24) is 9.88 Å². The van der Waals surface area contributed by atoms with E-state index in [4.69, 9.17) is 9.72 Å². The first-order valence-electron chi connectivity index (χ1n) is 14.0. The Bertz CT molecular complexity index is 1320. The van der Waals surface area contributed by atoms with Crippen molar-refractivity contribution >= 4 is 5.71 Å². The van der Waals surface area contributed by atoms with Gasteiger partial charge < -0.3 is 9.94 Å². The molecule has 200 valence electrons. The highest BCUT2D eigenvalue weighted by molar-refractivity contribution is 6.05.